The molecule has 4 heteroatoms. The van der Waals surface area contributed by atoms with Crippen LogP contribution in [0.3, 0.4) is 0 Å². The Balaban J connectivity index is 2.00. The summed E-state index contributed by atoms with van der Waals surface area (Å²) in [5, 5.41) is 2.90. The van der Waals surface area contributed by atoms with Crippen LogP contribution in [0.5, 0.6) is 0 Å². The van der Waals surface area contributed by atoms with Crippen LogP contribution in [0.25, 0.3) is 0 Å². The fourth-order valence-electron chi connectivity index (χ4n) is 2.26. The Kier molecular flexibility index (Phi) is 4.61. The molecule has 1 aromatic rings. The topological polar surface area (TPSA) is 32.3 Å². The normalized spacial score (nSPS) is 14.5. The van der Waals surface area contributed by atoms with Crippen molar-refractivity contribution in [2.45, 2.75) is 25.8 Å². The molecule has 2 rings (SSSR count). The van der Waals surface area contributed by atoms with Gasteiger partial charge in [0, 0.05) is 24.5 Å². The van der Waals surface area contributed by atoms with Crippen LogP contribution in [0.15, 0.2) is 18.2 Å². The van der Waals surface area contributed by atoms with Gasteiger partial charge in [0.25, 0.3) is 0 Å². The average Bonchev–Trinajstić information content (AvgIpc) is 2.36. The Hall–Kier alpha value is -1.06. The monoisotopic (exact) mass is 266 g/mol. The van der Waals surface area contributed by atoms with E-state index in [2.05, 4.69) is 29.4 Å². The van der Waals surface area contributed by atoms with Gasteiger partial charge in [0.2, 0.25) is 5.91 Å². The molecular formula is C14H19ClN2O. The van der Waals surface area contributed by atoms with Crippen molar-refractivity contribution < 1.29 is 4.79 Å². The molecule has 1 N–H and O–H groups in total. The van der Waals surface area contributed by atoms with Gasteiger partial charge < -0.3 is 10.2 Å². The highest BCUT2D eigenvalue weighted by Gasteiger charge is 2.14. The minimum Gasteiger partial charge on any atom is -0.326 e. The van der Waals surface area contributed by atoms with Gasteiger partial charge in [-0.2, -0.15) is 0 Å². The van der Waals surface area contributed by atoms with Gasteiger partial charge in [-0.3, -0.25) is 4.79 Å². The van der Waals surface area contributed by atoms with Crippen LogP contribution in [-0.2, 0) is 17.8 Å². The summed E-state index contributed by atoms with van der Waals surface area (Å²) in [6, 6.07) is 6.30. The Bertz CT molecular complexity index is 434. The molecule has 1 amide bonds. The largest absolute Gasteiger partial charge is 0.326 e. The highest BCUT2D eigenvalue weighted by molar-refractivity contribution is 6.17. The summed E-state index contributed by atoms with van der Waals surface area (Å²) >= 11 is 5.69. The summed E-state index contributed by atoms with van der Waals surface area (Å²) < 4.78 is 0. The van der Waals surface area contributed by atoms with Gasteiger partial charge in [-0.15, -0.1) is 11.6 Å². The molecule has 0 spiro atoms. The lowest BCUT2D eigenvalue weighted by atomic mass is 10.0. The molecule has 1 aromatic carbocycles. The SMILES string of the molecule is CN(CCCCl)Cc1ccc2c(c1)CCC(=O)N2. The third-order valence-corrected chi connectivity index (χ3v) is 3.46. The molecule has 1 heterocycles. The summed E-state index contributed by atoms with van der Waals surface area (Å²) in [5.41, 5.74) is 3.51. The van der Waals surface area contributed by atoms with E-state index in [1.165, 1.54) is 11.1 Å². The number of alkyl halides is 1. The number of anilines is 1. The number of halogens is 1. The number of nitrogens with one attached hydrogen (secondary N) is 1. The van der Waals surface area contributed by atoms with Crippen molar-refractivity contribution in [2.24, 2.45) is 0 Å². The molecule has 1 aliphatic heterocycles. The maximum atomic E-state index is 11.3. The molecule has 0 bridgehead atoms. The number of carbonyl (C=O) groups is 1. The lowest BCUT2D eigenvalue weighted by molar-refractivity contribution is -0.116. The van der Waals surface area contributed by atoms with Crippen LogP contribution in [0.4, 0.5) is 5.69 Å². The molecule has 0 atom stereocenters. The fraction of sp³-hybridized carbons (Fsp3) is 0.500. The van der Waals surface area contributed by atoms with Gasteiger partial charge in [-0.1, -0.05) is 12.1 Å². The number of hydrogen-bond donors (Lipinski definition) is 1. The van der Waals surface area contributed by atoms with E-state index in [4.69, 9.17) is 11.6 Å². The van der Waals surface area contributed by atoms with E-state index in [0.29, 0.717) is 12.3 Å². The molecule has 18 heavy (non-hydrogen) atoms. The van der Waals surface area contributed by atoms with Crippen LogP contribution in [0, 0.1) is 0 Å². The van der Waals surface area contributed by atoms with Gasteiger partial charge in [-0.25, -0.2) is 0 Å². The summed E-state index contributed by atoms with van der Waals surface area (Å²) in [6.07, 6.45) is 2.46. The zero-order chi connectivity index (χ0) is 13.0. The van der Waals surface area contributed by atoms with Gasteiger partial charge in [0.05, 0.1) is 0 Å². The maximum absolute atomic E-state index is 11.3. The first-order valence-electron chi connectivity index (χ1n) is 6.35. The summed E-state index contributed by atoms with van der Waals surface area (Å²) in [6.45, 7) is 1.94. The molecule has 1 aliphatic rings. The molecule has 0 aliphatic carbocycles. The van der Waals surface area contributed by atoms with E-state index >= 15 is 0 Å². The van der Waals surface area contributed by atoms with Crippen LogP contribution in [-0.4, -0.2) is 30.3 Å². The lowest BCUT2D eigenvalue weighted by Gasteiger charge is -2.20. The smallest absolute Gasteiger partial charge is 0.224 e. The highest BCUT2D eigenvalue weighted by Crippen LogP contribution is 2.23. The average molecular weight is 267 g/mol. The lowest BCUT2D eigenvalue weighted by Crippen LogP contribution is -2.21. The van der Waals surface area contributed by atoms with E-state index in [1.54, 1.807) is 0 Å². The van der Waals surface area contributed by atoms with Gasteiger partial charge in [0.1, 0.15) is 0 Å². The summed E-state index contributed by atoms with van der Waals surface area (Å²) in [7, 11) is 2.10. The number of benzene rings is 1. The number of nitrogens with zero attached hydrogens (tertiary/aromatic N) is 1. The third-order valence-electron chi connectivity index (χ3n) is 3.19. The molecule has 0 saturated heterocycles. The summed E-state index contributed by atoms with van der Waals surface area (Å²) in [4.78, 5) is 13.5. The minimum absolute atomic E-state index is 0.120. The van der Waals surface area contributed by atoms with Crippen LogP contribution >= 0.6 is 11.6 Å². The summed E-state index contributed by atoms with van der Waals surface area (Å²) in [5.74, 6) is 0.829. The second-order valence-electron chi connectivity index (χ2n) is 4.82. The van der Waals surface area contributed by atoms with Crippen LogP contribution in [0.2, 0.25) is 0 Å². The van der Waals surface area contributed by atoms with Crippen LogP contribution < -0.4 is 5.32 Å². The first-order chi connectivity index (χ1) is 8.69. The van der Waals surface area contributed by atoms with E-state index < -0.39 is 0 Å². The van der Waals surface area contributed by atoms with Crippen molar-refractivity contribution in [2.75, 3.05) is 24.8 Å². The van der Waals surface area contributed by atoms with Crippen molar-refractivity contribution >= 4 is 23.2 Å². The number of hydrogen-bond acceptors (Lipinski definition) is 2. The highest BCUT2D eigenvalue weighted by atomic mass is 35.5. The van der Waals surface area contributed by atoms with Crippen molar-refractivity contribution in [3.8, 4) is 0 Å². The number of amides is 1. The van der Waals surface area contributed by atoms with E-state index in [0.717, 1.165) is 31.6 Å². The van der Waals surface area contributed by atoms with Crippen molar-refractivity contribution in [3.63, 3.8) is 0 Å². The molecule has 0 radical (unpaired) electrons. The number of aryl methyl sites for hydroxylation is 1. The predicted molar refractivity (Wildman–Crippen MR) is 75.1 cm³/mol. The zero-order valence-corrected chi connectivity index (χ0v) is 11.5. The van der Waals surface area contributed by atoms with Crippen LogP contribution in [0.1, 0.15) is 24.0 Å². The van der Waals surface area contributed by atoms with Crippen molar-refractivity contribution in [1.29, 1.82) is 0 Å². The molecule has 0 fully saturated rings. The molecule has 0 unspecified atom stereocenters. The van der Waals surface area contributed by atoms with E-state index in [9.17, 15) is 4.79 Å². The third kappa shape index (κ3) is 3.47. The van der Waals surface area contributed by atoms with E-state index in [1.807, 2.05) is 6.07 Å². The Labute approximate surface area is 113 Å². The number of carbonyl (C=O) groups excluding carboxylic acids is 1. The Morgan fingerprint density at radius 3 is 3.00 bits per heavy atom. The zero-order valence-electron chi connectivity index (χ0n) is 10.7. The first-order valence-corrected chi connectivity index (χ1v) is 6.88. The quantitative estimate of drug-likeness (QED) is 0.831. The van der Waals surface area contributed by atoms with Gasteiger partial charge in [-0.05, 0) is 43.6 Å². The molecule has 0 saturated carbocycles. The molecule has 98 valence electrons. The standard InChI is InChI=1S/C14H19ClN2O/c1-17(8-2-7-15)10-11-3-5-13-12(9-11)4-6-14(18)16-13/h3,5,9H,2,4,6-8,10H2,1H3,(H,16,18). The second-order valence-corrected chi connectivity index (χ2v) is 5.20. The van der Waals surface area contributed by atoms with Crippen molar-refractivity contribution in [3.05, 3.63) is 29.3 Å². The molecule has 0 aromatic heterocycles. The van der Waals surface area contributed by atoms with E-state index in [-0.39, 0.29) is 5.91 Å². The number of fused-ring (bicyclic) bond motifs is 1. The second kappa shape index (κ2) is 6.21. The predicted octanol–water partition coefficient (Wildman–Crippen LogP) is 2.63. The van der Waals surface area contributed by atoms with Crippen molar-refractivity contribution in [1.82, 2.24) is 4.90 Å². The van der Waals surface area contributed by atoms with Gasteiger partial charge >= 0.3 is 0 Å². The Morgan fingerprint density at radius 2 is 2.22 bits per heavy atom. The molecular weight excluding hydrogens is 248 g/mol. The maximum Gasteiger partial charge on any atom is 0.224 e. The minimum atomic E-state index is 0.120. The van der Waals surface area contributed by atoms with Gasteiger partial charge in [0.15, 0.2) is 0 Å². The number of rotatable bonds is 5. The fourth-order valence-corrected chi connectivity index (χ4v) is 2.38. The first kappa shape index (κ1) is 13.4. The molecule has 3 nitrogen and oxygen atoms in total. The Morgan fingerprint density at radius 1 is 1.39 bits per heavy atom.